The molecule has 3 atom stereocenters. The summed E-state index contributed by atoms with van der Waals surface area (Å²) in [7, 11) is 2.29. The topological polar surface area (TPSA) is 70.8 Å². The molecule has 3 N–H and O–H groups in total. The van der Waals surface area contributed by atoms with Crippen molar-refractivity contribution in [1.82, 2.24) is 19.9 Å². The molecule has 3 heterocycles. The molecule has 0 spiro atoms. The first-order chi connectivity index (χ1) is 13.0. The number of fused-ring (bicyclic) bond motifs is 2. The van der Waals surface area contributed by atoms with Crippen LogP contribution in [0.15, 0.2) is 24.4 Å². The average Bonchev–Trinajstić information content (AvgIpc) is 3.04. The van der Waals surface area contributed by atoms with Gasteiger partial charge in [0, 0.05) is 47.0 Å². The monoisotopic (exact) mass is 361 g/mol. The van der Waals surface area contributed by atoms with Gasteiger partial charge in [-0.2, -0.15) is 0 Å². The van der Waals surface area contributed by atoms with Crippen LogP contribution in [0.2, 0.25) is 0 Å². The highest BCUT2D eigenvalue weighted by atomic mass is 15.1. The number of nitrogens with one attached hydrogen (secondary N) is 1. The number of H-pyrrole nitrogens is 1. The van der Waals surface area contributed by atoms with E-state index in [9.17, 15) is 0 Å². The number of nitrogens with zero attached hydrogens (tertiary/aromatic N) is 3. The Bertz CT molecular complexity index is 998. The number of aryl methyl sites for hydroxylation is 2. The van der Waals surface area contributed by atoms with Crippen LogP contribution in [0.3, 0.4) is 0 Å². The number of nitrogen functional groups attached to an aromatic ring is 1. The van der Waals surface area contributed by atoms with E-state index in [1.165, 1.54) is 34.0 Å². The molecule has 140 valence electrons. The zero-order valence-corrected chi connectivity index (χ0v) is 16.3. The molecule has 5 rings (SSSR count). The van der Waals surface area contributed by atoms with Crippen molar-refractivity contribution in [2.24, 2.45) is 5.92 Å². The van der Waals surface area contributed by atoms with E-state index in [0.29, 0.717) is 23.8 Å². The third-order valence-electron chi connectivity index (χ3n) is 6.74. The minimum Gasteiger partial charge on any atom is -0.368 e. The molecule has 0 radical (unpaired) electrons. The minimum absolute atomic E-state index is 0.383. The fraction of sp³-hybridized carbons (Fsp3) is 0.455. The Morgan fingerprint density at radius 2 is 2.00 bits per heavy atom. The molecule has 27 heavy (non-hydrogen) atoms. The number of benzene rings is 1. The lowest BCUT2D eigenvalue weighted by molar-refractivity contribution is 0.111. The predicted octanol–water partition coefficient (Wildman–Crippen LogP) is 3.36. The number of likely N-dealkylation sites (tertiary alicyclic amines) is 1. The van der Waals surface area contributed by atoms with Crippen LogP contribution in [-0.2, 0) is 12.8 Å². The molecule has 0 bridgehead atoms. The van der Waals surface area contributed by atoms with Crippen molar-refractivity contribution < 1.29 is 0 Å². The van der Waals surface area contributed by atoms with Gasteiger partial charge in [0.05, 0.1) is 0 Å². The number of rotatable bonds is 2. The number of aromatic amines is 1. The van der Waals surface area contributed by atoms with Crippen LogP contribution < -0.4 is 5.73 Å². The smallest absolute Gasteiger partial charge is 0.220 e. The molecule has 2 aliphatic rings. The van der Waals surface area contributed by atoms with E-state index in [1.54, 1.807) is 0 Å². The van der Waals surface area contributed by atoms with E-state index in [0.717, 1.165) is 30.8 Å². The second-order valence-corrected chi connectivity index (χ2v) is 8.44. The van der Waals surface area contributed by atoms with Gasteiger partial charge in [-0.1, -0.05) is 12.1 Å². The summed E-state index contributed by atoms with van der Waals surface area (Å²) < 4.78 is 0. The summed E-state index contributed by atoms with van der Waals surface area (Å²) in [6.45, 7) is 5.24. The second-order valence-electron chi connectivity index (χ2n) is 8.44. The van der Waals surface area contributed by atoms with E-state index < -0.39 is 0 Å². The highest BCUT2D eigenvalue weighted by Gasteiger charge is 2.39. The second kappa shape index (κ2) is 6.06. The molecule has 0 amide bonds. The van der Waals surface area contributed by atoms with Crippen LogP contribution in [0.5, 0.6) is 0 Å². The molecule has 0 saturated carbocycles. The van der Waals surface area contributed by atoms with Crippen LogP contribution in [0.1, 0.15) is 40.4 Å². The Labute approximate surface area is 160 Å². The number of likely N-dealkylation sites (N-methyl/N-ethyl adjacent to an activating group) is 1. The van der Waals surface area contributed by atoms with Gasteiger partial charge in [0.2, 0.25) is 5.95 Å². The highest BCUT2D eigenvalue weighted by Crippen LogP contribution is 2.44. The number of piperidine rings is 1. The molecule has 1 aromatic carbocycles. The van der Waals surface area contributed by atoms with Gasteiger partial charge in [-0.25, -0.2) is 9.97 Å². The third kappa shape index (κ3) is 2.64. The molecule has 1 fully saturated rings. The maximum atomic E-state index is 5.82. The lowest BCUT2D eigenvalue weighted by Gasteiger charge is -2.45. The van der Waals surface area contributed by atoms with Gasteiger partial charge in [-0.3, -0.25) is 0 Å². The maximum absolute atomic E-state index is 5.82. The van der Waals surface area contributed by atoms with E-state index in [-0.39, 0.29) is 0 Å². The number of hydrogen-bond acceptors (Lipinski definition) is 4. The van der Waals surface area contributed by atoms with Gasteiger partial charge < -0.3 is 15.6 Å². The summed E-state index contributed by atoms with van der Waals surface area (Å²) in [4.78, 5) is 14.9. The Morgan fingerprint density at radius 3 is 2.78 bits per heavy atom. The molecule has 1 saturated heterocycles. The number of nitrogens with two attached hydrogens (primary N) is 1. The van der Waals surface area contributed by atoms with E-state index >= 15 is 0 Å². The molecule has 1 unspecified atom stereocenters. The normalized spacial score (nSPS) is 24.9. The molecule has 1 aliphatic heterocycles. The number of anilines is 1. The van der Waals surface area contributed by atoms with Crippen LogP contribution in [0.25, 0.3) is 10.9 Å². The lowest BCUT2D eigenvalue weighted by atomic mass is 9.71. The first-order valence-electron chi connectivity index (χ1n) is 9.90. The van der Waals surface area contributed by atoms with Crippen molar-refractivity contribution in [3.05, 3.63) is 52.5 Å². The number of hydrogen-bond donors (Lipinski definition) is 2. The van der Waals surface area contributed by atoms with Crippen LogP contribution in [0, 0.1) is 19.8 Å². The van der Waals surface area contributed by atoms with Gasteiger partial charge in [0.1, 0.15) is 0 Å². The summed E-state index contributed by atoms with van der Waals surface area (Å²) in [5.41, 5.74) is 13.4. The molecular weight excluding hydrogens is 334 g/mol. The van der Waals surface area contributed by atoms with Crippen LogP contribution in [-0.4, -0.2) is 39.5 Å². The number of aromatic nitrogens is 3. The lowest BCUT2D eigenvalue weighted by Crippen LogP contribution is -2.48. The van der Waals surface area contributed by atoms with Crippen molar-refractivity contribution in [2.75, 3.05) is 19.3 Å². The van der Waals surface area contributed by atoms with Gasteiger partial charge >= 0.3 is 0 Å². The standard InChI is InChI=1S/C22H27N5/c1-12-17(13(2)26-22(23)25-12)7-14-8-18-16-5-4-6-19-21(16)15(10-24-19)9-20(18)27(3)11-14/h4-6,10,14,18,20,24H,7-9,11H2,1-3H3,(H2,23,25,26)/t14?,18-,20-/m1/s1. The van der Waals surface area contributed by atoms with Crippen molar-refractivity contribution in [2.45, 2.75) is 45.1 Å². The van der Waals surface area contributed by atoms with Crippen molar-refractivity contribution >= 4 is 16.9 Å². The quantitative estimate of drug-likeness (QED) is 0.734. The fourth-order valence-corrected chi connectivity index (χ4v) is 5.55. The Balaban J connectivity index is 1.49. The SMILES string of the molecule is Cc1nc(N)nc(C)c1CC1C[C@@H]2c3cccc4[nH]cc(c34)C[C@H]2N(C)C1. The van der Waals surface area contributed by atoms with Gasteiger partial charge in [-0.05, 0) is 68.8 Å². The molecular formula is C22H27N5. The molecule has 3 aromatic rings. The summed E-state index contributed by atoms with van der Waals surface area (Å²) in [5, 5.41) is 1.47. The van der Waals surface area contributed by atoms with Crippen LogP contribution in [0.4, 0.5) is 5.95 Å². The van der Waals surface area contributed by atoms with Crippen molar-refractivity contribution in [1.29, 1.82) is 0 Å². The summed E-state index contributed by atoms with van der Waals surface area (Å²) in [6, 6.07) is 7.34. The van der Waals surface area contributed by atoms with Crippen LogP contribution >= 0.6 is 0 Å². The summed E-state index contributed by atoms with van der Waals surface area (Å²) in [5.74, 6) is 1.58. The van der Waals surface area contributed by atoms with Crippen molar-refractivity contribution in [3.8, 4) is 0 Å². The predicted molar refractivity (Wildman–Crippen MR) is 109 cm³/mol. The molecule has 1 aliphatic carbocycles. The molecule has 5 heteroatoms. The third-order valence-corrected chi connectivity index (χ3v) is 6.74. The Hall–Kier alpha value is -2.40. The maximum Gasteiger partial charge on any atom is 0.220 e. The van der Waals surface area contributed by atoms with Crippen molar-refractivity contribution in [3.63, 3.8) is 0 Å². The van der Waals surface area contributed by atoms with E-state index in [1.807, 2.05) is 0 Å². The Morgan fingerprint density at radius 1 is 1.22 bits per heavy atom. The summed E-state index contributed by atoms with van der Waals surface area (Å²) >= 11 is 0. The van der Waals surface area contributed by atoms with E-state index in [2.05, 4.69) is 65.1 Å². The first kappa shape index (κ1) is 16.8. The zero-order valence-electron chi connectivity index (χ0n) is 16.3. The fourth-order valence-electron chi connectivity index (χ4n) is 5.55. The molecule has 5 nitrogen and oxygen atoms in total. The van der Waals surface area contributed by atoms with Gasteiger partial charge in [-0.15, -0.1) is 0 Å². The molecule has 2 aromatic heterocycles. The minimum atomic E-state index is 0.383. The van der Waals surface area contributed by atoms with Gasteiger partial charge in [0.15, 0.2) is 0 Å². The summed E-state index contributed by atoms with van der Waals surface area (Å²) in [6.07, 6.45) is 5.61. The largest absolute Gasteiger partial charge is 0.368 e. The first-order valence-corrected chi connectivity index (χ1v) is 9.90. The highest BCUT2D eigenvalue weighted by molar-refractivity contribution is 5.88. The van der Waals surface area contributed by atoms with E-state index in [4.69, 9.17) is 5.73 Å². The Kier molecular flexibility index (Phi) is 3.76. The van der Waals surface area contributed by atoms with Gasteiger partial charge in [0.25, 0.3) is 0 Å². The zero-order chi connectivity index (χ0) is 18.7. The average molecular weight is 361 g/mol.